The first-order valence-corrected chi connectivity index (χ1v) is 9.45. The molecule has 2 aromatic carbocycles. The Morgan fingerprint density at radius 1 is 1.07 bits per heavy atom. The Morgan fingerprint density at radius 2 is 1.81 bits per heavy atom. The quantitative estimate of drug-likeness (QED) is 0.466. The van der Waals surface area contributed by atoms with Crippen LogP contribution in [0.3, 0.4) is 0 Å². The minimum atomic E-state index is -0.432. The number of thiocarbonyl (C=S) groups is 1. The molecule has 0 bridgehead atoms. The first-order valence-electron chi connectivity index (χ1n) is 8.25. The molecule has 27 heavy (non-hydrogen) atoms. The van der Waals surface area contributed by atoms with Crippen molar-refractivity contribution in [2.45, 2.75) is 19.8 Å². The van der Waals surface area contributed by atoms with E-state index in [9.17, 15) is 9.59 Å². The number of rotatable bonds is 6. The summed E-state index contributed by atoms with van der Waals surface area (Å²) in [7, 11) is 0. The van der Waals surface area contributed by atoms with Crippen LogP contribution in [0.4, 0.5) is 0 Å². The first kappa shape index (κ1) is 20.9. The number of hydrazine groups is 1. The molecule has 0 saturated heterocycles. The molecule has 0 aromatic heterocycles. The molecule has 2 amide bonds. The summed E-state index contributed by atoms with van der Waals surface area (Å²) >= 11 is 8.36. The van der Waals surface area contributed by atoms with Crippen LogP contribution in [0, 0.1) is 6.92 Å². The second kappa shape index (κ2) is 10.6. The zero-order valence-electron chi connectivity index (χ0n) is 14.8. The second-order valence-corrected chi connectivity index (χ2v) is 7.02. The predicted molar refractivity (Wildman–Crippen MR) is 111 cm³/mol. The number of hydrogen-bond acceptors (Lipinski definition) is 4. The molecule has 0 aliphatic rings. The van der Waals surface area contributed by atoms with Crippen molar-refractivity contribution in [3.8, 4) is 5.75 Å². The van der Waals surface area contributed by atoms with Gasteiger partial charge in [-0.3, -0.25) is 25.8 Å². The summed E-state index contributed by atoms with van der Waals surface area (Å²) in [5.41, 5.74) is 7.10. The van der Waals surface area contributed by atoms with E-state index in [1.807, 2.05) is 49.4 Å². The topological polar surface area (TPSA) is 79.5 Å². The summed E-state index contributed by atoms with van der Waals surface area (Å²) in [4.78, 5) is 23.7. The van der Waals surface area contributed by atoms with Gasteiger partial charge in [-0.15, -0.1) is 0 Å². The lowest BCUT2D eigenvalue weighted by Crippen LogP contribution is -2.49. The van der Waals surface area contributed by atoms with Gasteiger partial charge in [-0.25, -0.2) is 0 Å². The fraction of sp³-hybridized carbons (Fsp3) is 0.211. The molecule has 0 aliphatic carbocycles. The van der Waals surface area contributed by atoms with Crippen LogP contribution in [0.15, 0.2) is 53.0 Å². The zero-order chi connectivity index (χ0) is 19.6. The molecule has 0 atom stereocenters. The van der Waals surface area contributed by atoms with Gasteiger partial charge >= 0.3 is 0 Å². The number of halogens is 1. The van der Waals surface area contributed by atoms with Gasteiger partial charge in [0.15, 0.2) is 11.7 Å². The minimum Gasteiger partial charge on any atom is -0.483 e. The molecule has 8 heteroatoms. The van der Waals surface area contributed by atoms with Crippen molar-refractivity contribution in [2.24, 2.45) is 0 Å². The van der Waals surface area contributed by atoms with E-state index in [0.29, 0.717) is 18.6 Å². The lowest BCUT2D eigenvalue weighted by molar-refractivity contribution is -0.123. The van der Waals surface area contributed by atoms with Gasteiger partial charge in [-0.05, 0) is 64.8 Å². The summed E-state index contributed by atoms with van der Waals surface area (Å²) < 4.78 is 6.20. The number of carbonyl (C=O) groups excluding carboxylic acids is 2. The third kappa shape index (κ3) is 7.76. The van der Waals surface area contributed by atoms with Crippen LogP contribution in [0.25, 0.3) is 0 Å². The van der Waals surface area contributed by atoms with Gasteiger partial charge in [0.1, 0.15) is 5.75 Å². The van der Waals surface area contributed by atoms with Gasteiger partial charge in [0.2, 0.25) is 5.91 Å². The number of benzene rings is 2. The van der Waals surface area contributed by atoms with E-state index in [1.165, 1.54) is 0 Å². The highest BCUT2D eigenvalue weighted by Gasteiger charge is 2.09. The smallest absolute Gasteiger partial charge is 0.264 e. The normalized spacial score (nSPS) is 10.0. The standard InChI is InChI=1S/C19H20BrN3O3S/c1-13-7-9-16(15(20)11-13)26-12-18(25)21-19(27)23-22-17(24)10-8-14-5-3-2-4-6-14/h2-7,9,11H,8,10,12H2,1H3,(H,22,24)(H2,21,23,25,27). The molecule has 2 aromatic rings. The monoisotopic (exact) mass is 449 g/mol. The lowest BCUT2D eigenvalue weighted by atomic mass is 10.1. The van der Waals surface area contributed by atoms with Crippen LogP contribution in [0.5, 0.6) is 5.75 Å². The number of amides is 2. The van der Waals surface area contributed by atoms with Gasteiger partial charge in [0.05, 0.1) is 4.47 Å². The maximum Gasteiger partial charge on any atom is 0.264 e. The van der Waals surface area contributed by atoms with Gasteiger partial charge < -0.3 is 4.74 Å². The molecule has 3 N–H and O–H groups in total. The number of carbonyl (C=O) groups is 2. The summed E-state index contributed by atoms with van der Waals surface area (Å²) in [6.45, 7) is 1.75. The van der Waals surface area contributed by atoms with Gasteiger partial charge in [0.25, 0.3) is 5.91 Å². The predicted octanol–water partition coefficient (Wildman–Crippen LogP) is 2.79. The van der Waals surface area contributed by atoms with E-state index < -0.39 is 5.91 Å². The summed E-state index contributed by atoms with van der Waals surface area (Å²) in [6.07, 6.45) is 0.922. The molecule has 2 rings (SSSR count). The first-order chi connectivity index (χ1) is 12.9. The third-order valence-corrected chi connectivity index (χ3v) is 4.32. The van der Waals surface area contributed by atoms with Crippen LogP contribution in [-0.4, -0.2) is 23.5 Å². The Hall–Kier alpha value is -2.45. The maximum atomic E-state index is 11.9. The van der Waals surface area contributed by atoms with Crippen molar-refractivity contribution in [2.75, 3.05) is 6.61 Å². The molecular weight excluding hydrogens is 430 g/mol. The molecule has 0 saturated carbocycles. The number of hydrogen-bond donors (Lipinski definition) is 3. The molecular formula is C19H20BrN3O3S. The summed E-state index contributed by atoms with van der Waals surface area (Å²) in [5.74, 6) is -0.0994. The van der Waals surface area contributed by atoms with E-state index in [2.05, 4.69) is 32.1 Å². The molecule has 0 heterocycles. The average Bonchev–Trinajstić information content (AvgIpc) is 2.65. The van der Waals surface area contributed by atoms with Gasteiger partial charge in [-0.1, -0.05) is 36.4 Å². The van der Waals surface area contributed by atoms with Crippen LogP contribution in [0.2, 0.25) is 0 Å². The lowest BCUT2D eigenvalue weighted by Gasteiger charge is -2.12. The highest BCUT2D eigenvalue weighted by Crippen LogP contribution is 2.25. The molecule has 142 valence electrons. The number of ether oxygens (including phenoxy) is 1. The van der Waals surface area contributed by atoms with Crippen LogP contribution < -0.4 is 20.9 Å². The summed E-state index contributed by atoms with van der Waals surface area (Å²) in [5, 5.41) is 2.44. The fourth-order valence-electron chi connectivity index (χ4n) is 2.15. The molecule has 6 nitrogen and oxygen atoms in total. The number of nitrogens with one attached hydrogen (secondary N) is 3. The van der Waals surface area contributed by atoms with Crippen LogP contribution in [0.1, 0.15) is 17.5 Å². The molecule has 0 fully saturated rings. The SMILES string of the molecule is Cc1ccc(OCC(=O)NC(=S)NNC(=O)CCc2ccccc2)c(Br)c1. The van der Waals surface area contributed by atoms with Crippen molar-refractivity contribution >= 4 is 45.1 Å². The van der Waals surface area contributed by atoms with Crippen LogP contribution in [-0.2, 0) is 16.0 Å². The highest BCUT2D eigenvalue weighted by atomic mass is 79.9. The largest absolute Gasteiger partial charge is 0.483 e. The minimum absolute atomic E-state index is 0.000340. The molecule has 0 radical (unpaired) electrons. The Bertz CT molecular complexity index is 815. The summed E-state index contributed by atoms with van der Waals surface area (Å²) in [6, 6.07) is 15.2. The van der Waals surface area contributed by atoms with Crippen molar-refractivity contribution < 1.29 is 14.3 Å². The van der Waals surface area contributed by atoms with Crippen molar-refractivity contribution in [1.29, 1.82) is 0 Å². The fourth-order valence-corrected chi connectivity index (χ4v) is 2.92. The molecule has 0 spiro atoms. The molecule has 0 aliphatic heterocycles. The third-order valence-electron chi connectivity index (χ3n) is 3.50. The zero-order valence-corrected chi connectivity index (χ0v) is 17.2. The van der Waals surface area contributed by atoms with E-state index in [4.69, 9.17) is 17.0 Å². The van der Waals surface area contributed by atoms with E-state index in [0.717, 1.165) is 15.6 Å². The van der Waals surface area contributed by atoms with Crippen molar-refractivity contribution in [1.82, 2.24) is 16.2 Å². The maximum absolute atomic E-state index is 11.9. The number of aryl methyl sites for hydroxylation is 2. The van der Waals surface area contributed by atoms with E-state index in [-0.39, 0.29) is 17.6 Å². The van der Waals surface area contributed by atoms with Crippen LogP contribution >= 0.6 is 28.1 Å². The highest BCUT2D eigenvalue weighted by molar-refractivity contribution is 9.10. The molecule has 0 unspecified atom stereocenters. The van der Waals surface area contributed by atoms with Crippen molar-refractivity contribution in [3.63, 3.8) is 0 Å². The Kier molecular flexibility index (Phi) is 8.22. The Balaban J connectivity index is 1.65. The van der Waals surface area contributed by atoms with E-state index in [1.54, 1.807) is 6.07 Å². The van der Waals surface area contributed by atoms with E-state index >= 15 is 0 Å². The average molecular weight is 450 g/mol. The Labute approximate surface area is 171 Å². The van der Waals surface area contributed by atoms with Crippen molar-refractivity contribution in [3.05, 3.63) is 64.1 Å². The second-order valence-electron chi connectivity index (χ2n) is 5.76. The van der Waals surface area contributed by atoms with Gasteiger partial charge in [-0.2, -0.15) is 0 Å². The Morgan fingerprint density at radius 3 is 2.52 bits per heavy atom. The van der Waals surface area contributed by atoms with Gasteiger partial charge in [0, 0.05) is 6.42 Å².